The van der Waals surface area contributed by atoms with E-state index in [-0.39, 0.29) is 17.3 Å². The van der Waals surface area contributed by atoms with Crippen molar-refractivity contribution in [1.82, 2.24) is 19.2 Å². The van der Waals surface area contributed by atoms with E-state index in [1.54, 1.807) is 30.5 Å². The topological polar surface area (TPSA) is 95.5 Å². The van der Waals surface area contributed by atoms with E-state index in [1.165, 1.54) is 10.5 Å². The number of fused-ring (bicyclic) bond motifs is 1. The predicted molar refractivity (Wildman–Crippen MR) is 120 cm³/mol. The van der Waals surface area contributed by atoms with Crippen LogP contribution in [0.5, 0.6) is 0 Å². The molecule has 1 amide bonds. The summed E-state index contributed by atoms with van der Waals surface area (Å²) in [4.78, 5) is 22.8. The number of pyridine rings is 2. The molecule has 3 heterocycles. The number of nitrogens with zero attached hydrogens (tertiary/aromatic N) is 4. The van der Waals surface area contributed by atoms with Gasteiger partial charge < -0.3 is 5.32 Å². The number of hydrogen-bond donors (Lipinski definition) is 1. The first-order valence-corrected chi connectivity index (χ1v) is 11.6. The summed E-state index contributed by atoms with van der Waals surface area (Å²) >= 11 is 5.80. The van der Waals surface area contributed by atoms with E-state index in [1.807, 2.05) is 24.0 Å². The molecule has 4 rings (SSSR count). The Morgan fingerprint density at radius 3 is 2.58 bits per heavy atom. The average molecular weight is 460 g/mol. The Bertz CT molecular complexity index is 1210. The Hall–Kier alpha value is -2.59. The van der Waals surface area contributed by atoms with Crippen molar-refractivity contribution in [3.63, 3.8) is 0 Å². The zero-order chi connectivity index (χ0) is 22.0. The second-order valence-electron chi connectivity index (χ2n) is 7.43. The number of anilines is 1. The van der Waals surface area contributed by atoms with Crippen LogP contribution in [0.1, 0.15) is 5.56 Å². The quantitative estimate of drug-likeness (QED) is 0.630. The van der Waals surface area contributed by atoms with Gasteiger partial charge in [0.2, 0.25) is 15.9 Å². The molecule has 1 aromatic carbocycles. The third-order valence-electron chi connectivity index (χ3n) is 5.12. The molecule has 2 aromatic heterocycles. The van der Waals surface area contributed by atoms with Gasteiger partial charge in [-0.3, -0.25) is 14.7 Å². The minimum atomic E-state index is -3.68. The molecule has 1 saturated heterocycles. The third kappa shape index (κ3) is 4.85. The number of rotatable bonds is 5. The van der Waals surface area contributed by atoms with Gasteiger partial charge in [0.1, 0.15) is 10.7 Å². The summed E-state index contributed by atoms with van der Waals surface area (Å²) in [6, 6.07) is 10.4. The molecule has 1 aliphatic heterocycles. The van der Waals surface area contributed by atoms with Gasteiger partial charge in [0, 0.05) is 44.0 Å². The van der Waals surface area contributed by atoms with Gasteiger partial charge in [-0.15, -0.1) is 0 Å². The normalized spacial score (nSPS) is 15.8. The highest BCUT2D eigenvalue weighted by molar-refractivity contribution is 7.89. The molecule has 8 nitrogen and oxygen atoms in total. The highest BCUT2D eigenvalue weighted by atomic mass is 35.5. The number of para-hydroxylation sites is 1. The summed E-state index contributed by atoms with van der Waals surface area (Å²) in [6.45, 7) is 3.60. The Morgan fingerprint density at radius 1 is 1.10 bits per heavy atom. The smallest absolute Gasteiger partial charge is 0.245 e. The highest BCUT2D eigenvalue weighted by Crippen LogP contribution is 2.25. The van der Waals surface area contributed by atoms with Gasteiger partial charge in [-0.2, -0.15) is 4.31 Å². The van der Waals surface area contributed by atoms with Crippen LogP contribution >= 0.6 is 11.6 Å². The van der Waals surface area contributed by atoms with Crippen LogP contribution in [-0.4, -0.2) is 66.2 Å². The Labute approximate surface area is 185 Å². The summed E-state index contributed by atoms with van der Waals surface area (Å²) in [5.74, 6) is 0.217. The lowest BCUT2D eigenvalue weighted by Crippen LogP contribution is -2.50. The van der Waals surface area contributed by atoms with E-state index < -0.39 is 10.0 Å². The van der Waals surface area contributed by atoms with Crippen LogP contribution in [0.2, 0.25) is 5.02 Å². The van der Waals surface area contributed by atoms with Crippen molar-refractivity contribution in [2.24, 2.45) is 0 Å². The summed E-state index contributed by atoms with van der Waals surface area (Å²) in [6.07, 6.45) is 3.14. The lowest BCUT2D eigenvalue weighted by Gasteiger charge is -2.33. The van der Waals surface area contributed by atoms with Crippen molar-refractivity contribution in [2.45, 2.75) is 11.8 Å². The van der Waals surface area contributed by atoms with Crippen molar-refractivity contribution in [2.75, 3.05) is 38.0 Å². The predicted octanol–water partition coefficient (Wildman–Crippen LogP) is 2.54. The van der Waals surface area contributed by atoms with Crippen LogP contribution in [0.4, 0.5) is 5.82 Å². The number of aromatic nitrogens is 2. The first-order chi connectivity index (χ1) is 14.8. The molecule has 0 spiro atoms. The monoisotopic (exact) mass is 459 g/mol. The molecule has 0 unspecified atom stereocenters. The minimum Gasteiger partial charge on any atom is -0.310 e. The molecule has 1 fully saturated rings. The fraction of sp³-hybridized carbons (Fsp3) is 0.286. The van der Waals surface area contributed by atoms with Crippen LogP contribution in [0, 0.1) is 6.92 Å². The van der Waals surface area contributed by atoms with Gasteiger partial charge in [-0.05, 0) is 36.8 Å². The van der Waals surface area contributed by atoms with E-state index in [0.29, 0.717) is 42.5 Å². The molecule has 1 aliphatic rings. The van der Waals surface area contributed by atoms with E-state index in [0.717, 1.165) is 10.9 Å². The van der Waals surface area contributed by atoms with Crippen LogP contribution in [0.3, 0.4) is 0 Å². The Balaban J connectivity index is 1.40. The summed E-state index contributed by atoms with van der Waals surface area (Å²) in [5, 5.41) is 4.01. The summed E-state index contributed by atoms with van der Waals surface area (Å²) in [5.41, 5.74) is 1.45. The number of piperazine rings is 1. The van der Waals surface area contributed by atoms with Gasteiger partial charge in [0.15, 0.2) is 0 Å². The summed E-state index contributed by atoms with van der Waals surface area (Å²) in [7, 11) is -3.68. The number of nitrogens with one attached hydrogen (secondary N) is 1. The molecular weight excluding hydrogens is 438 g/mol. The van der Waals surface area contributed by atoms with Gasteiger partial charge in [0.05, 0.1) is 17.1 Å². The first kappa shape index (κ1) is 21.6. The zero-order valence-corrected chi connectivity index (χ0v) is 18.5. The van der Waals surface area contributed by atoms with E-state index >= 15 is 0 Å². The first-order valence-electron chi connectivity index (χ1n) is 9.82. The number of amides is 1. The maximum atomic E-state index is 13.3. The van der Waals surface area contributed by atoms with Crippen LogP contribution < -0.4 is 5.32 Å². The molecule has 0 aliphatic carbocycles. The van der Waals surface area contributed by atoms with E-state index in [4.69, 9.17) is 11.6 Å². The van der Waals surface area contributed by atoms with Gasteiger partial charge in [-0.25, -0.2) is 13.4 Å². The Morgan fingerprint density at radius 2 is 1.87 bits per heavy atom. The fourth-order valence-corrected chi connectivity index (χ4v) is 5.25. The Kier molecular flexibility index (Phi) is 6.19. The summed E-state index contributed by atoms with van der Waals surface area (Å²) < 4.78 is 28.0. The number of hydrogen-bond acceptors (Lipinski definition) is 6. The fourth-order valence-electron chi connectivity index (χ4n) is 3.55. The zero-order valence-electron chi connectivity index (χ0n) is 17.0. The maximum absolute atomic E-state index is 13.3. The SMILES string of the molecule is Cc1cnc2c(S(=O)(=O)N3CCN(CC(=O)Nc4ccc(Cl)cn4)CC3)cccc2c1. The second-order valence-corrected chi connectivity index (χ2v) is 9.77. The van der Waals surface area contributed by atoms with Crippen molar-refractivity contribution in [3.05, 3.63) is 59.4 Å². The van der Waals surface area contributed by atoms with Crippen LogP contribution in [0.15, 0.2) is 53.7 Å². The largest absolute Gasteiger partial charge is 0.310 e. The lowest BCUT2D eigenvalue weighted by molar-refractivity contribution is -0.117. The van der Waals surface area contributed by atoms with Crippen LogP contribution in [-0.2, 0) is 14.8 Å². The molecule has 0 bridgehead atoms. The minimum absolute atomic E-state index is 0.160. The number of carbonyl (C=O) groups is 1. The number of benzene rings is 1. The second kappa shape index (κ2) is 8.88. The third-order valence-corrected chi connectivity index (χ3v) is 7.28. The van der Waals surface area contributed by atoms with Crippen molar-refractivity contribution in [3.8, 4) is 0 Å². The number of sulfonamides is 1. The van der Waals surface area contributed by atoms with E-state index in [9.17, 15) is 13.2 Å². The molecule has 0 radical (unpaired) electrons. The number of aryl methyl sites for hydroxylation is 1. The standard InChI is InChI=1S/C21H22ClN5O3S/c1-15-11-16-3-2-4-18(21(16)24-12-15)31(29,30)27-9-7-26(8-10-27)14-20(28)25-19-6-5-17(22)13-23-19/h2-6,11-13H,7-10,14H2,1H3,(H,23,25,28). The number of carbonyl (C=O) groups excluding carboxylic acids is 1. The molecule has 1 N–H and O–H groups in total. The highest BCUT2D eigenvalue weighted by Gasteiger charge is 2.30. The molecule has 0 saturated carbocycles. The molecule has 3 aromatic rings. The van der Waals surface area contributed by atoms with Gasteiger partial charge >= 0.3 is 0 Å². The maximum Gasteiger partial charge on any atom is 0.245 e. The van der Waals surface area contributed by atoms with Crippen molar-refractivity contribution < 1.29 is 13.2 Å². The van der Waals surface area contributed by atoms with Crippen molar-refractivity contribution >= 4 is 44.3 Å². The van der Waals surface area contributed by atoms with Crippen LogP contribution in [0.25, 0.3) is 10.9 Å². The van der Waals surface area contributed by atoms with Gasteiger partial charge in [-0.1, -0.05) is 23.7 Å². The molecule has 31 heavy (non-hydrogen) atoms. The van der Waals surface area contributed by atoms with Crippen molar-refractivity contribution in [1.29, 1.82) is 0 Å². The average Bonchev–Trinajstić information content (AvgIpc) is 2.75. The molecular formula is C21H22ClN5O3S. The molecule has 10 heteroatoms. The van der Waals surface area contributed by atoms with Gasteiger partial charge in [0.25, 0.3) is 0 Å². The molecule has 162 valence electrons. The number of halogens is 1. The lowest BCUT2D eigenvalue weighted by atomic mass is 10.2. The van der Waals surface area contributed by atoms with E-state index in [2.05, 4.69) is 15.3 Å². The molecule has 0 atom stereocenters.